The Balaban J connectivity index is 1.85. The molecular formula is C13H13NO5. The van der Waals surface area contributed by atoms with Crippen molar-refractivity contribution in [2.24, 2.45) is 0 Å². The molecule has 100 valence electrons. The molecule has 1 N–H and O–H groups in total. The van der Waals surface area contributed by atoms with Gasteiger partial charge in [0.05, 0.1) is 6.42 Å². The standard InChI is InChI=1S/C13H13NO5/c15-10-3-1-2-9(8-10)4-7-13(18)19-14-11(16)5-6-12(14)17/h1-3,8,15H,4-7H2. The normalized spacial score (nSPS) is 14.8. The van der Waals surface area contributed by atoms with Gasteiger partial charge in [0.2, 0.25) is 0 Å². The Morgan fingerprint density at radius 3 is 2.58 bits per heavy atom. The Hall–Kier alpha value is -2.37. The molecule has 2 amide bonds. The van der Waals surface area contributed by atoms with Crippen molar-refractivity contribution in [2.45, 2.75) is 25.7 Å². The van der Waals surface area contributed by atoms with Crippen LogP contribution in [0.3, 0.4) is 0 Å². The molecule has 0 atom stereocenters. The molecule has 6 nitrogen and oxygen atoms in total. The molecule has 0 bridgehead atoms. The number of carbonyl (C=O) groups is 3. The van der Waals surface area contributed by atoms with Gasteiger partial charge in [-0.15, -0.1) is 5.06 Å². The first-order chi connectivity index (χ1) is 9.06. The van der Waals surface area contributed by atoms with E-state index in [0.29, 0.717) is 11.5 Å². The molecule has 0 aromatic heterocycles. The molecule has 19 heavy (non-hydrogen) atoms. The second-order valence-electron chi connectivity index (χ2n) is 4.22. The summed E-state index contributed by atoms with van der Waals surface area (Å²) in [6, 6.07) is 6.51. The van der Waals surface area contributed by atoms with Gasteiger partial charge >= 0.3 is 5.97 Å². The van der Waals surface area contributed by atoms with Gasteiger partial charge in [-0.2, -0.15) is 0 Å². The second kappa shape index (κ2) is 5.51. The second-order valence-corrected chi connectivity index (χ2v) is 4.22. The highest BCUT2D eigenvalue weighted by Gasteiger charge is 2.32. The van der Waals surface area contributed by atoms with Crippen molar-refractivity contribution in [2.75, 3.05) is 0 Å². The Morgan fingerprint density at radius 2 is 1.95 bits per heavy atom. The van der Waals surface area contributed by atoms with Crippen molar-refractivity contribution < 1.29 is 24.3 Å². The van der Waals surface area contributed by atoms with E-state index >= 15 is 0 Å². The van der Waals surface area contributed by atoms with Crippen LogP contribution in [-0.2, 0) is 25.6 Å². The quantitative estimate of drug-likeness (QED) is 0.817. The fourth-order valence-electron chi connectivity index (χ4n) is 1.76. The predicted octanol–water partition coefficient (Wildman–Crippen LogP) is 0.932. The van der Waals surface area contributed by atoms with Gasteiger partial charge in [-0.1, -0.05) is 12.1 Å². The van der Waals surface area contributed by atoms with E-state index in [9.17, 15) is 19.5 Å². The third-order valence-corrected chi connectivity index (χ3v) is 2.73. The molecule has 1 aliphatic rings. The molecular weight excluding hydrogens is 250 g/mol. The SMILES string of the molecule is O=C(CCc1cccc(O)c1)ON1C(=O)CCC1=O. The molecule has 6 heteroatoms. The number of nitrogens with zero attached hydrogens (tertiary/aromatic N) is 1. The smallest absolute Gasteiger partial charge is 0.333 e. The van der Waals surface area contributed by atoms with Gasteiger partial charge in [-0.3, -0.25) is 9.59 Å². The van der Waals surface area contributed by atoms with Gasteiger partial charge in [-0.05, 0) is 24.1 Å². The predicted molar refractivity (Wildman–Crippen MR) is 63.6 cm³/mol. The number of aryl methyl sites for hydroxylation is 1. The van der Waals surface area contributed by atoms with Crippen molar-refractivity contribution in [1.82, 2.24) is 5.06 Å². The van der Waals surface area contributed by atoms with Crippen LogP contribution >= 0.6 is 0 Å². The summed E-state index contributed by atoms with van der Waals surface area (Å²) < 4.78 is 0. The van der Waals surface area contributed by atoms with Crippen molar-refractivity contribution in [3.63, 3.8) is 0 Å². The number of phenols is 1. The summed E-state index contributed by atoms with van der Waals surface area (Å²) in [5.41, 5.74) is 0.774. The summed E-state index contributed by atoms with van der Waals surface area (Å²) in [6.07, 6.45) is 0.557. The molecule has 2 rings (SSSR count). The number of amides is 2. The number of phenolic OH excluding ortho intramolecular Hbond substituents is 1. The largest absolute Gasteiger partial charge is 0.508 e. The van der Waals surface area contributed by atoms with Crippen LogP contribution in [0.25, 0.3) is 0 Å². The van der Waals surface area contributed by atoms with Gasteiger partial charge in [0, 0.05) is 12.8 Å². The number of benzene rings is 1. The van der Waals surface area contributed by atoms with Crippen LogP contribution in [0.5, 0.6) is 5.75 Å². The first-order valence-electron chi connectivity index (χ1n) is 5.91. The first kappa shape index (κ1) is 13.1. The summed E-state index contributed by atoms with van der Waals surface area (Å²) in [6.45, 7) is 0. The van der Waals surface area contributed by atoms with E-state index in [2.05, 4.69) is 0 Å². The zero-order valence-electron chi connectivity index (χ0n) is 10.2. The number of carbonyl (C=O) groups excluding carboxylic acids is 3. The Labute approximate surface area is 109 Å². The average molecular weight is 263 g/mol. The molecule has 1 heterocycles. The van der Waals surface area contributed by atoms with E-state index in [0.717, 1.165) is 5.56 Å². The molecule has 1 saturated heterocycles. The van der Waals surface area contributed by atoms with Crippen molar-refractivity contribution >= 4 is 17.8 Å². The minimum Gasteiger partial charge on any atom is -0.508 e. The van der Waals surface area contributed by atoms with Gasteiger partial charge in [0.25, 0.3) is 11.8 Å². The lowest BCUT2D eigenvalue weighted by atomic mass is 10.1. The highest BCUT2D eigenvalue weighted by Crippen LogP contribution is 2.15. The third kappa shape index (κ3) is 3.31. The molecule has 0 radical (unpaired) electrons. The molecule has 1 aliphatic heterocycles. The zero-order valence-corrected chi connectivity index (χ0v) is 10.2. The number of hydrogen-bond donors (Lipinski definition) is 1. The van der Waals surface area contributed by atoms with E-state index in [1.54, 1.807) is 18.2 Å². The van der Waals surface area contributed by atoms with E-state index in [4.69, 9.17) is 4.84 Å². The number of hydroxylamine groups is 2. The van der Waals surface area contributed by atoms with E-state index in [1.807, 2.05) is 0 Å². The van der Waals surface area contributed by atoms with Crippen LogP contribution in [0.15, 0.2) is 24.3 Å². The fraction of sp³-hybridized carbons (Fsp3) is 0.308. The number of hydrogen-bond acceptors (Lipinski definition) is 5. The summed E-state index contributed by atoms with van der Waals surface area (Å²) in [5, 5.41) is 9.80. The lowest BCUT2D eigenvalue weighted by Crippen LogP contribution is -2.32. The maximum atomic E-state index is 11.5. The first-order valence-corrected chi connectivity index (χ1v) is 5.91. The lowest BCUT2D eigenvalue weighted by Gasteiger charge is -2.12. The van der Waals surface area contributed by atoms with E-state index in [-0.39, 0.29) is 25.0 Å². The van der Waals surface area contributed by atoms with Gasteiger partial charge in [0.15, 0.2) is 0 Å². The Kier molecular flexibility index (Phi) is 3.79. The molecule has 0 saturated carbocycles. The maximum Gasteiger partial charge on any atom is 0.333 e. The van der Waals surface area contributed by atoms with Gasteiger partial charge in [-0.25, -0.2) is 4.79 Å². The third-order valence-electron chi connectivity index (χ3n) is 2.73. The van der Waals surface area contributed by atoms with Crippen LogP contribution in [0, 0.1) is 0 Å². The monoisotopic (exact) mass is 263 g/mol. The molecule has 0 unspecified atom stereocenters. The summed E-state index contributed by atoms with van der Waals surface area (Å²) in [5.74, 6) is -1.51. The minimum atomic E-state index is -0.646. The van der Waals surface area contributed by atoms with Crippen LogP contribution in [-0.4, -0.2) is 28.0 Å². The molecule has 0 spiro atoms. The van der Waals surface area contributed by atoms with E-state index in [1.165, 1.54) is 6.07 Å². The Morgan fingerprint density at radius 1 is 1.26 bits per heavy atom. The van der Waals surface area contributed by atoms with Crippen molar-refractivity contribution in [1.29, 1.82) is 0 Å². The summed E-state index contributed by atoms with van der Waals surface area (Å²) >= 11 is 0. The summed E-state index contributed by atoms with van der Waals surface area (Å²) in [4.78, 5) is 38.7. The van der Waals surface area contributed by atoms with Gasteiger partial charge in [0.1, 0.15) is 5.75 Å². The lowest BCUT2D eigenvalue weighted by molar-refractivity contribution is -0.197. The maximum absolute atomic E-state index is 11.5. The minimum absolute atomic E-state index is 0.0283. The van der Waals surface area contributed by atoms with Crippen LogP contribution in [0.1, 0.15) is 24.8 Å². The topological polar surface area (TPSA) is 83.9 Å². The Bertz CT molecular complexity index is 510. The zero-order chi connectivity index (χ0) is 13.8. The van der Waals surface area contributed by atoms with Crippen molar-refractivity contribution in [3.05, 3.63) is 29.8 Å². The van der Waals surface area contributed by atoms with Crippen LogP contribution in [0.4, 0.5) is 0 Å². The van der Waals surface area contributed by atoms with Gasteiger partial charge < -0.3 is 9.94 Å². The number of aromatic hydroxyl groups is 1. The number of rotatable bonds is 4. The highest BCUT2D eigenvalue weighted by atomic mass is 16.7. The summed E-state index contributed by atoms with van der Waals surface area (Å²) in [7, 11) is 0. The van der Waals surface area contributed by atoms with Crippen LogP contribution < -0.4 is 0 Å². The van der Waals surface area contributed by atoms with E-state index < -0.39 is 17.8 Å². The van der Waals surface area contributed by atoms with Crippen LogP contribution in [0.2, 0.25) is 0 Å². The molecule has 1 aromatic carbocycles. The number of imide groups is 1. The molecule has 0 aliphatic carbocycles. The average Bonchev–Trinajstić information content (AvgIpc) is 2.68. The highest BCUT2D eigenvalue weighted by molar-refractivity contribution is 6.01. The molecule has 1 aromatic rings. The molecule has 1 fully saturated rings. The van der Waals surface area contributed by atoms with Crippen molar-refractivity contribution in [3.8, 4) is 5.75 Å². The fourth-order valence-corrected chi connectivity index (χ4v) is 1.76.